The second kappa shape index (κ2) is 5.73. The monoisotopic (exact) mass is 239 g/mol. The van der Waals surface area contributed by atoms with E-state index in [4.69, 9.17) is 5.73 Å². The van der Waals surface area contributed by atoms with Crippen LogP contribution in [0.4, 0.5) is 0 Å². The molecule has 1 atom stereocenters. The van der Waals surface area contributed by atoms with Crippen LogP contribution in [0.15, 0.2) is 0 Å². The van der Waals surface area contributed by atoms with Crippen LogP contribution in [0.5, 0.6) is 0 Å². The first-order chi connectivity index (χ1) is 7.75. The summed E-state index contributed by atoms with van der Waals surface area (Å²) >= 11 is 0. The standard InChI is InChI=1S/C16H33N/c1-13(2)12-16(9-6-7-10-16)14(17)8-11-15(3,4)5/h13-14H,6-12,17H2,1-5H3. The van der Waals surface area contributed by atoms with Gasteiger partial charge in [0.1, 0.15) is 0 Å². The first-order valence-corrected chi connectivity index (χ1v) is 7.51. The molecule has 1 nitrogen and oxygen atoms in total. The Morgan fingerprint density at radius 1 is 1.12 bits per heavy atom. The lowest BCUT2D eigenvalue weighted by atomic mass is 9.70. The van der Waals surface area contributed by atoms with Crippen LogP contribution in [0.2, 0.25) is 0 Å². The number of hydrogen-bond donors (Lipinski definition) is 1. The molecule has 102 valence electrons. The summed E-state index contributed by atoms with van der Waals surface area (Å²) in [6.45, 7) is 11.7. The summed E-state index contributed by atoms with van der Waals surface area (Å²) in [5, 5.41) is 0. The van der Waals surface area contributed by atoms with Gasteiger partial charge in [0.2, 0.25) is 0 Å². The molecule has 0 radical (unpaired) electrons. The van der Waals surface area contributed by atoms with Crippen molar-refractivity contribution in [1.82, 2.24) is 0 Å². The predicted molar refractivity (Wildman–Crippen MR) is 77.0 cm³/mol. The van der Waals surface area contributed by atoms with Gasteiger partial charge in [-0.3, -0.25) is 0 Å². The normalized spacial score (nSPS) is 22.1. The van der Waals surface area contributed by atoms with E-state index < -0.39 is 0 Å². The third kappa shape index (κ3) is 4.62. The fourth-order valence-electron chi connectivity index (χ4n) is 3.51. The van der Waals surface area contributed by atoms with E-state index >= 15 is 0 Å². The first kappa shape index (κ1) is 15.0. The Hall–Kier alpha value is -0.0400. The van der Waals surface area contributed by atoms with Crippen LogP contribution in [0.25, 0.3) is 0 Å². The number of rotatable bonds is 5. The molecule has 1 fully saturated rings. The van der Waals surface area contributed by atoms with Gasteiger partial charge in [0.15, 0.2) is 0 Å². The predicted octanol–water partition coefficient (Wildman–Crippen LogP) is 4.75. The molecule has 17 heavy (non-hydrogen) atoms. The summed E-state index contributed by atoms with van der Waals surface area (Å²) < 4.78 is 0. The highest BCUT2D eigenvalue weighted by Gasteiger charge is 2.39. The lowest BCUT2D eigenvalue weighted by Gasteiger charge is -2.38. The molecule has 0 aromatic rings. The number of hydrogen-bond acceptors (Lipinski definition) is 1. The maximum absolute atomic E-state index is 6.57. The Labute approximate surface area is 109 Å². The van der Waals surface area contributed by atoms with E-state index in [-0.39, 0.29) is 0 Å². The van der Waals surface area contributed by atoms with Crippen molar-refractivity contribution in [2.45, 2.75) is 85.6 Å². The van der Waals surface area contributed by atoms with E-state index in [9.17, 15) is 0 Å². The summed E-state index contributed by atoms with van der Waals surface area (Å²) in [4.78, 5) is 0. The molecule has 1 rings (SSSR count). The van der Waals surface area contributed by atoms with E-state index in [0.29, 0.717) is 16.9 Å². The molecule has 2 N–H and O–H groups in total. The molecule has 0 aliphatic heterocycles. The molecule has 1 aliphatic carbocycles. The van der Waals surface area contributed by atoms with E-state index in [1.54, 1.807) is 0 Å². The highest BCUT2D eigenvalue weighted by Crippen LogP contribution is 2.46. The zero-order valence-electron chi connectivity index (χ0n) is 12.7. The van der Waals surface area contributed by atoms with Crippen molar-refractivity contribution in [3.8, 4) is 0 Å². The SMILES string of the molecule is CC(C)CC1(C(N)CCC(C)(C)C)CCCC1. The maximum atomic E-state index is 6.57. The minimum Gasteiger partial charge on any atom is -0.327 e. The van der Waals surface area contributed by atoms with E-state index in [0.717, 1.165) is 5.92 Å². The molecule has 0 heterocycles. The third-order valence-corrected chi connectivity index (χ3v) is 4.41. The molecule has 0 saturated heterocycles. The molecule has 0 spiro atoms. The van der Waals surface area contributed by atoms with Gasteiger partial charge in [-0.2, -0.15) is 0 Å². The summed E-state index contributed by atoms with van der Waals surface area (Å²) in [6, 6.07) is 0.423. The quantitative estimate of drug-likeness (QED) is 0.736. The van der Waals surface area contributed by atoms with Gasteiger partial charge in [-0.05, 0) is 48.9 Å². The first-order valence-electron chi connectivity index (χ1n) is 7.51. The molecule has 1 aliphatic rings. The van der Waals surface area contributed by atoms with Crippen molar-refractivity contribution in [3.05, 3.63) is 0 Å². The Balaban J connectivity index is 2.58. The van der Waals surface area contributed by atoms with Crippen LogP contribution in [-0.4, -0.2) is 6.04 Å². The van der Waals surface area contributed by atoms with Gasteiger partial charge in [-0.1, -0.05) is 47.5 Å². The molecule has 0 aromatic carbocycles. The molecule has 1 saturated carbocycles. The largest absolute Gasteiger partial charge is 0.327 e. The highest BCUT2D eigenvalue weighted by atomic mass is 14.7. The molecule has 0 bridgehead atoms. The summed E-state index contributed by atoms with van der Waals surface area (Å²) in [6.07, 6.45) is 9.33. The smallest absolute Gasteiger partial charge is 0.00958 e. The molecule has 0 amide bonds. The fraction of sp³-hybridized carbons (Fsp3) is 1.00. The van der Waals surface area contributed by atoms with Gasteiger partial charge in [-0.25, -0.2) is 0 Å². The zero-order valence-corrected chi connectivity index (χ0v) is 12.7. The van der Waals surface area contributed by atoms with Crippen LogP contribution in [-0.2, 0) is 0 Å². The molecule has 1 heteroatoms. The molecular formula is C16H33N. The van der Waals surface area contributed by atoms with Crippen molar-refractivity contribution in [2.75, 3.05) is 0 Å². The lowest BCUT2D eigenvalue weighted by Crippen LogP contribution is -2.41. The van der Waals surface area contributed by atoms with Crippen LogP contribution < -0.4 is 5.73 Å². The zero-order chi connectivity index (χ0) is 13.1. The highest BCUT2D eigenvalue weighted by molar-refractivity contribution is 4.94. The minimum atomic E-state index is 0.423. The van der Waals surface area contributed by atoms with Gasteiger partial charge >= 0.3 is 0 Å². The molecular weight excluding hydrogens is 206 g/mol. The maximum Gasteiger partial charge on any atom is 0.00958 e. The Morgan fingerprint density at radius 3 is 2.06 bits per heavy atom. The second-order valence-corrected chi connectivity index (χ2v) is 7.87. The van der Waals surface area contributed by atoms with Crippen LogP contribution in [0.3, 0.4) is 0 Å². The van der Waals surface area contributed by atoms with Crippen LogP contribution in [0, 0.1) is 16.7 Å². The Kier molecular flexibility index (Phi) is 5.07. The fourth-order valence-corrected chi connectivity index (χ4v) is 3.51. The van der Waals surface area contributed by atoms with Crippen molar-refractivity contribution in [3.63, 3.8) is 0 Å². The van der Waals surface area contributed by atoms with Gasteiger partial charge < -0.3 is 5.73 Å². The van der Waals surface area contributed by atoms with Crippen molar-refractivity contribution in [1.29, 1.82) is 0 Å². The van der Waals surface area contributed by atoms with E-state index in [1.807, 2.05) is 0 Å². The summed E-state index contributed by atoms with van der Waals surface area (Å²) in [5.74, 6) is 0.786. The molecule has 0 aromatic heterocycles. The second-order valence-electron chi connectivity index (χ2n) is 7.87. The van der Waals surface area contributed by atoms with Crippen LogP contribution >= 0.6 is 0 Å². The third-order valence-electron chi connectivity index (χ3n) is 4.41. The average Bonchev–Trinajstić information content (AvgIpc) is 2.61. The Morgan fingerprint density at radius 2 is 1.65 bits per heavy atom. The molecule has 1 unspecified atom stereocenters. The topological polar surface area (TPSA) is 26.0 Å². The number of nitrogens with two attached hydrogens (primary N) is 1. The summed E-state index contributed by atoms with van der Waals surface area (Å²) in [5.41, 5.74) is 7.47. The van der Waals surface area contributed by atoms with Gasteiger partial charge in [0.05, 0.1) is 0 Å². The van der Waals surface area contributed by atoms with Gasteiger partial charge in [-0.15, -0.1) is 0 Å². The van der Waals surface area contributed by atoms with Crippen LogP contribution in [0.1, 0.15) is 79.6 Å². The van der Waals surface area contributed by atoms with Gasteiger partial charge in [0, 0.05) is 6.04 Å². The summed E-state index contributed by atoms with van der Waals surface area (Å²) in [7, 11) is 0. The van der Waals surface area contributed by atoms with Crippen molar-refractivity contribution >= 4 is 0 Å². The van der Waals surface area contributed by atoms with Crippen molar-refractivity contribution < 1.29 is 0 Å². The Bertz CT molecular complexity index is 218. The van der Waals surface area contributed by atoms with E-state index in [1.165, 1.54) is 44.9 Å². The van der Waals surface area contributed by atoms with Gasteiger partial charge in [0.25, 0.3) is 0 Å². The lowest BCUT2D eigenvalue weighted by molar-refractivity contribution is 0.162. The average molecular weight is 239 g/mol. The van der Waals surface area contributed by atoms with E-state index in [2.05, 4.69) is 34.6 Å². The van der Waals surface area contributed by atoms with Crippen molar-refractivity contribution in [2.24, 2.45) is 22.5 Å². The minimum absolute atomic E-state index is 0.423.